The van der Waals surface area contributed by atoms with Crippen LogP contribution in [0.5, 0.6) is 0 Å². The average molecular weight is 372 g/mol. The molecule has 114 valence electrons. The summed E-state index contributed by atoms with van der Waals surface area (Å²) in [6.07, 6.45) is -2.92. The van der Waals surface area contributed by atoms with E-state index in [1.165, 1.54) is 0 Å². The molecule has 0 bridgehead atoms. The highest BCUT2D eigenvalue weighted by Crippen LogP contribution is 2.27. The van der Waals surface area contributed by atoms with Crippen molar-refractivity contribution in [2.24, 2.45) is 0 Å². The van der Waals surface area contributed by atoms with Gasteiger partial charge in [-0.25, -0.2) is 8.37 Å². The molecule has 19 heavy (non-hydrogen) atoms. The van der Waals surface area contributed by atoms with Crippen LogP contribution in [0.4, 0.5) is 0 Å². The quantitative estimate of drug-likeness (QED) is 0.576. The minimum absolute atomic E-state index is 0.150. The molecule has 0 aromatic heterocycles. The van der Waals surface area contributed by atoms with E-state index in [1.54, 1.807) is 0 Å². The Morgan fingerprint density at radius 2 is 1.89 bits per heavy atom. The van der Waals surface area contributed by atoms with Crippen molar-refractivity contribution in [3.05, 3.63) is 0 Å². The Bertz CT molecular complexity index is 366. The maximum Gasteiger partial charge on any atom is 0.400 e. The maximum atomic E-state index is 11.4. The molecule has 0 aromatic carbocycles. The van der Waals surface area contributed by atoms with Crippen molar-refractivity contribution in [1.82, 2.24) is 0 Å². The van der Waals surface area contributed by atoms with E-state index in [-0.39, 0.29) is 13.2 Å². The minimum Gasteiger partial charge on any atom is -0.363 e. The van der Waals surface area contributed by atoms with Crippen LogP contribution in [0.25, 0.3) is 0 Å². The Balaban J connectivity index is 2.90. The van der Waals surface area contributed by atoms with Gasteiger partial charge < -0.3 is 18.1 Å². The molecule has 8 nitrogen and oxygen atoms in total. The summed E-state index contributed by atoms with van der Waals surface area (Å²) in [5.74, 6) is 0. The van der Waals surface area contributed by atoms with Crippen molar-refractivity contribution in [3.63, 3.8) is 0 Å². The summed E-state index contributed by atoms with van der Waals surface area (Å²) >= 11 is 0. The van der Waals surface area contributed by atoms with E-state index in [0.29, 0.717) is 0 Å². The van der Waals surface area contributed by atoms with Crippen LogP contribution in [0.3, 0.4) is 0 Å². The maximum absolute atomic E-state index is 11.4. The zero-order valence-electron chi connectivity index (χ0n) is 9.71. The van der Waals surface area contributed by atoms with Crippen molar-refractivity contribution >= 4 is 48.3 Å². The van der Waals surface area contributed by atoms with Gasteiger partial charge in [0.05, 0.1) is 13.2 Å². The molecule has 0 radical (unpaired) electrons. The second-order valence-corrected chi connectivity index (χ2v) is 5.93. The highest BCUT2D eigenvalue weighted by atomic mass is 32.3. The topological polar surface area (TPSA) is 89.5 Å². The van der Waals surface area contributed by atoms with E-state index in [1.807, 2.05) is 18.9 Å². The minimum atomic E-state index is -4.07. The monoisotopic (exact) mass is 372 g/mol. The molecule has 4 unspecified atom stereocenters. The van der Waals surface area contributed by atoms with Gasteiger partial charge in [0, 0.05) is 37.9 Å². The average Bonchev–Trinajstić information content (AvgIpc) is 2.38. The fourth-order valence-corrected chi connectivity index (χ4v) is 3.39. The lowest BCUT2D eigenvalue weighted by atomic mass is 10.0. The van der Waals surface area contributed by atoms with Crippen LogP contribution < -0.4 is 0 Å². The van der Waals surface area contributed by atoms with Gasteiger partial charge >= 0.3 is 10.4 Å². The van der Waals surface area contributed by atoms with Gasteiger partial charge in [0.15, 0.2) is 0 Å². The number of hydrogen-bond acceptors (Lipinski definition) is 8. The Morgan fingerprint density at radius 3 is 2.37 bits per heavy atom. The third-order valence-electron chi connectivity index (χ3n) is 2.43. The third kappa shape index (κ3) is 5.28. The zero-order chi connectivity index (χ0) is 14.5. The number of hydrogen-bond donors (Lipinski definition) is 0. The summed E-state index contributed by atoms with van der Waals surface area (Å²) in [5.41, 5.74) is 0. The highest BCUT2D eigenvalue weighted by molar-refractivity contribution is 7.81. The standard InChI is InChI=1S/C6H16O8P4S/c7-19(8)10-2-4(12-17)6(14-19)5(13-18)3(11-16)1-9-15/h3-6H,1-2,15-18H2/t3-,4+,5-,6-/m1/s1. The lowest BCUT2D eigenvalue weighted by molar-refractivity contribution is -0.0912. The van der Waals surface area contributed by atoms with Crippen LogP contribution in [0.2, 0.25) is 0 Å². The van der Waals surface area contributed by atoms with E-state index in [0.717, 1.165) is 0 Å². The fourth-order valence-electron chi connectivity index (χ4n) is 1.54. The van der Waals surface area contributed by atoms with Gasteiger partial charge in [0.25, 0.3) is 0 Å². The van der Waals surface area contributed by atoms with E-state index < -0.39 is 34.8 Å². The molecule has 1 aliphatic rings. The van der Waals surface area contributed by atoms with Crippen molar-refractivity contribution in [3.8, 4) is 0 Å². The Kier molecular flexibility index (Phi) is 8.53. The predicted octanol–water partition coefficient (Wildman–Crippen LogP) is -0.0208. The van der Waals surface area contributed by atoms with Gasteiger partial charge in [-0.3, -0.25) is 0 Å². The molecule has 1 fully saturated rings. The molecule has 0 N–H and O–H groups in total. The summed E-state index contributed by atoms with van der Waals surface area (Å²) in [7, 11) is 4.14. The summed E-state index contributed by atoms with van der Waals surface area (Å²) in [4.78, 5) is 0. The van der Waals surface area contributed by atoms with E-state index >= 15 is 0 Å². The predicted molar refractivity (Wildman–Crippen MR) is 79.2 cm³/mol. The molecule has 0 aromatic rings. The van der Waals surface area contributed by atoms with Gasteiger partial charge in [-0.1, -0.05) is 0 Å². The van der Waals surface area contributed by atoms with Crippen molar-refractivity contribution < 1.29 is 34.9 Å². The molecular weight excluding hydrogens is 356 g/mol. The van der Waals surface area contributed by atoms with Crippen LogP contribution in [0.15, 0.2) is 0 Å². The molecule has 8 atom stereocenters. The summed E-state index contributed by atoms with van der Waals surface area (Å²) in [5, 5.41) is 0. The van der Waals surface area contributed by atoms with Crippen LogP contribution >= 0.6 is 37.9 Å². The summed E-state index contributed by atoms with van der Waals surface area (Å²) in [6.45, 7) is -0.0239. The summed E-state index contributed by atoms with van der Waals surface area (Å²) < 4.78 is 52.4. The van der Waals surface area contributed by atoms with Crippen molar-refractivity contribution in [1.29, 1.82) is 0 Å². The van der Waals surface area contributed by atoms with Gasteiger partial charge in [-0.2, -0.15) is 8.42 Å². The van der Waals surface area contributed by atoms with Crippen molar-refractivity contribution in [2.75, 3.05) is 13.2 Å². The molecule has 0 aliphatic carbocycles. The highest BCUT2D eigenvalue weighted by Gasteiger charge is 2.44. The molecule has 0 amide bonds. The van der Waals surface area contributed by atoms with Gasteiger partial charge in [0.1, 0.15) is 24.4 Å². The molecule has 1 heterocycles. The smallest absolute Gasteiger partial charge is 0.363 e. The van der Waals surface area contributed by atoms with Gasteiger partial charge in [-0.15, -0.1) is 0 Å². The molecule has 0 saturated carbocycles. The van der Waals surface area contributed by atoms with Gasteiger partial charge in [0.2, 0.25) is 0 Å². The second kappa shape index (κ2) is 8.77. The first-order valence-corrected chi connectivity index (χ1v) is 8.17. The normalized spacial score (nSPS) is 29.9. The lowest BCUT2D eigenvalue weighted by Gasteiger charge is -2.36. The summed E-state index contributed by atoms with van der Waals surface area (Å²) in [6, 6.07) is 0. The molecule has 1 aliphatic heterocycles. The molecule has 1 rings (SSSR count). The third-order valence-corrected chi connectivity index (χ3v) is 4.52. The van der Waals surface area contributed by atoms with Crippen LogP contribution in [-0.4, -0.2) is 46.0 Å². The first-order valence-electron chi connectivity index (χ1n) is 4.95. The Morgan fingerprint density at radius 1 is 1.21 bits per heavy atom. The van der Waals surface area contributed by atoms with Crippen LogP contribution in [-0.2, 0) is 36.9 Å². The molecule has 1 saturated heterocycles. The number of rotatable bonds is 7. The van der Waals surface area contributed by atoms with Crippen LogP contribution in [0.1, 0.15) is 0 Å². The Hall–Kier alpha value is 1.43. The molecule has 13 heteroatoms. The largest absolute Gasteiger partial charge is 0.400 e. The SMILES string of the molecule is O=S1(=O)OC[C@H](OP)[C@H]([C@H](OP)[C@@H](COP)OP)O1. The lowest BCUT2D eigenvalue weighted by Crippen LogP contribution is -2.53. The fraction of sp³-hybridized carbons (Fsp3) is 1.00. The first kappa shape index (κ1) is 18.5. The molecular formula is C6H16O8P4S. The van der Waals surface area contributed by atoms with E-state index in [4.69, 9.17) is 22.3 Å². The Labute approximate surface area is 121 Å². The van der Waals surface area contributed by atoms with Gasteiger partial charge in [-0.05, 0) is 0 Å². The second-order valence-electron chi connectivity index (χ2n) is 3.54. The molecule has 0 spiro atoms. The van der Waals surface area contributed by atoms with Crippen LogP contribution in [0, 0.1) is 0 Å². The van der Waals surface area contributed by atoms with E-state index in [9.17, 15) is 8.42 Å². The first-order chi connectivity index (χ1) is 8.99. The van der Waals surface area contributed by atoms with E-state index in [2.05, 4.69) is 23.1 Å². The van der Waals surface area contributed by atoms with Crippen molar-refractivity contribution in [2.45, 2.75) is 24.4 Å². The zero-order valence-corrected chi connectivity index (χ0v) is 15.1.